The van der Waals surface area contributed by atoms with Crippen LogP contribution < -0.4 is 10.5 Å². The molecule has 0 bridgehead atoms. The summed E-state index contributed by atoms with van der Waals surface area (Å²) in [6, 6.07) is 5.06. The monoisotopic (exact) mass is 236 g/mol. The van der Waals surface area contributed by atoms with Gasteiger partial charge in [-0.25, -0.2) is 0 Å². The average Bonchev–Trinajstić information content (AvgIpc) is 2.26. The molecule has 0 heterocycles. The molecule has 1 rings (SSSR count). The first-order valence-corrected chi connectivity index (χ1v) is 5.49. The lowest BCUT2D eigenvalue weighted by molar-refractivity contribution is 0.0655. The Kier molecular flexibility index (Phi) is 3.66. The number of nitrogens with two attached hydrogens (primary N) is 1. The summed E-state index contributed by atoms with van der Waals surface area (Å²) >= 11 is 0. The van der Waals surface area contributed by atoms with Gasteiger partial charge in [0.2, 0.25) is 0 Å². The number of methoxy groups -OCH3 is 1. The van der Waals surface area contributed by atoms with Gasteiger partial charge in [0.25, 0.3) is 5.91 Å². The molecule has 0 aromatic heterocycles. The van der Waals surface area contributed by atoms with Crippen molar-refractivity contribution in [3.63, 3.8) is 0 Å². The molecule has 0 aliphatic rings. The van der Waals surface area contributed by atoms with Gasteiger partial charge in [-0.05, 0) is 39.0 Å². The van der Waals surface area contributed by atoms with E-state index in [1.54, 1.807) is 30.1 Å². The van der Waals surface area contributed by atoms with Crippen molar-refractivity contribution >= 4 is 11.6 Å². The van der Waals surface area contributed by atoms with E-state index in [4.69, 9.17) is 10.5 Å². The van der Waals surface area contributed by atoms with E-state index >= 15 is 0 Å². The Labute approximate surface area is 102 Å². The number of hydrogen-bond acceptors (Lipinski definition) is 3. The average molecular weight is 236 g/mol. The Hall–Kier alpha value is -1.71. The quantitative estimate of drug-likeness (QED) is 0.800. The van der Waals surface area contributed by atoms with E-state index in [1.165, 1.54) is 7.11 Å². The Bertz CT molecular complexity index is 422. The summed E-state index contributed by atoms with van der Waals surface area (Å²) in [4.78, 5) is 13.9. The summed E-state index contributed by atoms with van der Waals surface area (Å²) < 4.78 is 5.11. The third kappa shape index (κ3) is 2.90. The zero-order valence-electron chi connectivity index (χ0n) is 11.1. The number of rotatable bonds is 2. The Morgan fingerprint density at radius 3 is 2.41 bits per heavy atom. The molecular weight excluding hydrogens is 216 g/mol. The summed E-state index contributed by atoms with van der Waals surface area (Å²) in [7, 11) is 3.32. The third-order valence-corrected chi connectivity index (χ3v) is 2.79. The van der Waals surface area contributed by atoms with E-state index in [-0.39, 0.29) is 11.4 Å². The highest BCUT2D eigenvalue weighted by molar-refractivity contribution is 5.95. The molecule has 1 aromatic carbocycles. The predicted octanol–water partition coefficient (Wildman–Crippen LogP) is 2.15. The van der Waals surface area contributed by atoms with Crippen molar-refractivity contribution < 1.29 is 9.53 Å². The van der Waals surface area contributed by atoms with Gasteiger partial charge in [-0.3, -0.25) is 4.79 Å². The molecule has 0 saturated heterocycles. The highest BCUT2D eigenvalue weighted by atomic mass is 16.5. The maximum absolute atomic E-state index is 12.2. The van der Waals surface area contributed by atoms with E-state index in [0.29, 0.717) is 17.0 Å². The number of carbonyl (C=O) groups is 1. The Morgan fingerprint density at radius 2 is 1.94 bits per heavy atom. The van der Waals surface area contributed by atoms with Crippen LogP contribution in [0.2, 0.25) is 0 Å². The highest BCUT2D eigenvalue weighted by Crippen LogP contribution is 2.24. The van der Waals surface area contributed by atoms with Crippen molar-refractivity contribution in [1.29, 1.82) is 0 Å². The minimum Gasteiger partial charge on any atom is -0.495 e. The van der Waals surface area contributed by atoms with Gasteiger partial charge >= 0.3 is 0 Å². The normalized spacial score (nSPS) is 11.1. The van der Waals surface area contributed by atoms with E-state index in [1.807, 2.05) is 20.8 Å². The molecule has 0 radical (unpaired) electrons. The second kappa shape index (κ2) is 4.65. The van der Waals surface area contributed by atoms with Crippen molar-refractivity contribution in [3.05, 3.63) is 23.8 Å². The largest absolute Gasteiger partial charge is 0.495 e. The molecule has 1 aromatic rings. The number of ether oxygens (including phenoxy) is 1. The van der Waals surface area contributed by atoms with Crippen LogP contribution in [-0.4, -0.2) is 30.5 Å². The van der Waals surface area contributed by atoms with Crippen LogP contribution in [0.5, 0.6) is 5.75 Å². The molecule has 0 unspecified atom stereocenters. The van der Waals surface area contributed by atoms with Gasteiger partial charge in [-0.1, -0.05) is 0 Å². The van der Waals surface area contributed by atoms with Crippen molar-refractivity contribution in [2.75, 3.05) is 19.9 Å². The first-order valence-electron chi connectivity index (χ1n) is 5.49. The molecule has 94 valence electrons. The molecule has 2 N–H and O–H groups in total. The molecule has 0 aliphatic carbocycles. The fourth-order valence-corrected chi connectivity index (χ4v) is 1.34. The van der Waals surface area contributed by atoms with E-state index < -0.39 is 0 Å². The standard InChI is InChI=1S/C13H20N2O2/c1-13(2,3)15(4)12(16)9-6-7-10(14)11(8-9)17-5/h6-8H,14H2,1-5H3. The number of nitrogen functional groups attached to an aromatic ring is 1. The van der Waals surface area contributed by atoms with Gasteiger partial charge in [0.1, 0.15) is 5.75 Å². The first-order chi connectivity index (χ1) is 7.77. The Balaban J connectivity index is 3.05. The van der Waals surface area contributed by atoms with Crippen LogP contribution in [0.25, 0.3) is 0 Å². The van der Waals surface area contributed by atoms with Crippen LogP contribution >= 0.6 is 0 Å². The van der Waals surface area contributed by atoms with Gasteiger partial charge in [-0.15, -0.1) is 0 Å². The lowest BCUT2D eigenvalue weighted by atomic mass is 10.0. The number of nitrogens with zero attached hydrogens (tertiary/aromatic N) is 1. The second-order valence-corrected chi connectivity index (χ2v) is 4.99. The number of anilines is 1. The van der Waals surface area contributed by atoms with E-state index in [0.717, 1.165) is 0 Å². The van der Waals surface area contributed by atoms with Crippen molar-refractivity contribution in [3.8, 4) is 5.75 Å². The SMILES string of the molecule is COc1cc(C(=O)N(C)C(C)(C)C)ccc1N. The van der Waals surface area contributed by atoms with Crippen molar-refractivity contribution in [2.45, 2.75) is 26.3 Å². The zero-order valence-corrected chi connectivity index (χ0v) is 11.1. The fraction of sp³-hybridized carbons (Fsp3) is 0.462. The molecule has 4 nitrogen and oxygen atoms in total. The molecular formula is C13H20N2O2. The number of hydrogen-bond donors (Lipinski definition) is 1. The van der Waals surface area contributed by atoms with Crippen LogP contribution in [0.3, 0.4) is 0 Å². The third-order valence-electron chi connectivity index (χ3n) is 2.79. The van der Waals surface area contributed by atoms with Gasteiger partial charge < -0.3 is 15.4 Å². The van der Waals surface area contributed by atoms with E-state index in [9.17, 15) is 4.79 Å². The van der Waals surface area contributed by atoms with Gasteiger partial charge in [0.05, 0.1) is 12.8 Å². The van der Waals surface area contributed by atoms with Gasteiger partial charge in [-0.2, -0.15) is 0 Å². The molecule has 1 amide bonds. The molecule has 4 heteroatoms. The highest BCUT2D eigenvalue weighted by Gasteiger charge is 2.23. The minimum absolute atomic E-state index is 0.0456. The Morgan fingerprint density at radius 1 is 1.35 bits per heavy atom. The first kappa shape index (κ1) is 13.4. The van der Waals surface area contributed by atoms with Gasteiger partial charge in [0, 0.05) is 18.2 Å². The summed E-state index contributed by atoms with van der Waals surface area (Å²) in [6.45, 7) is 5.96. The summed E-state index contributed by atoms with van der Waals surface area (Å²) in [6.07, 6.45) is 0. The van der Waals surface area contributed by atoms with Gasteiger partial charge in [0.15, 0.2) is 0 Å². The molecule has 0 aliphatic heterocycles. The number of benzene rings is 1. The summed E-state index contributed by atoms with van der Waals surface area (Å²) in [5, 5.41) is 0. The maximum Gasteiger partial charge on any atom is 0.254 e. The lowest BCUT2D eigenvalue weighted by Gasteiger charge is -2.32. The molecule has 0 fully saturated rings. The molecule has 17 heavy (non-hydrogen) atoms. The van der Waals surface area contributed by atoms with E-state index in [2.05, 4.69) is 0 Å². The predicted molar refractivity (Wildman–Crippen MR) is 69.3 cm³/mol. The molecule has 0 spiro atoms. The minimum atomic E-state index is -0.217. The fourth-order valence-electron chi connectivity index (χ4n) is 1.34. The summed E-state index contributed by atoms with van der Waals surface area (Å²) in [5.74, 6) is 0.481. The number of amides is 1. The molecule has 0 atom stereocenters. The van der Waals surface area contributed by atoms with Crippen LogP contribution in [0.1, 0.15) is 31.1 Å². The zero-order chi connectivity index (χ0) is 13.2. The van der Waals surface area contributed by atoms with Crippen LogP contribution in [-0.2, 0) is 0 Å². The van der Waals surface area contributed by atoms with Crippen molar-refractivity contribution in [1.82, 2.24) is 4.90 Å². The van der Waals surface area contributed by atoms with Crippen molar-refractivity contribution in [2.24, 2.45) is 0 Å². The topological polar surface area (TPSA) is 55.6 Å². The maximum atomic E-state index is 12.2. The van der Waals surface area contributed by atoms with Crippen LogP contribution in [0, 0.1) is 0 Å². The van der Waals surface area contributed by atoms with Crippen LogP contribution in [0.4, 0.5) is 5.69 Å². The summed E-state index contributed by atoms with van der Waals surface area (Å²) in [5.41, 5.74) is 6.60. The second-order valence-electron chi connectivity index (χ2n) is 4.99. The number of carbonyl (C=O) groups excluding carboxylic acids is 1. The van der Waals surface area contributed by atoms with Crippen LogP contribution in [0.15, 0.2) is 18.2 Å². The molecule has 0 saturated carbocycles. The smallest absolute Gasteiger partial charge is 0.254 e. The lowest BCUT2D eigenvalue weighted by Crippen LogP contribution is -2.42.